The van der Waals surface area contributed by atoms with Gasteiger partial charge in [-0.05, 0) is 38.1 Å². The third-order valence-corrected chi connectivity index (χ3v) is 3.32. The van der Waals surface area contributed by atoms with Gasteiger partial charge >= 0.3 is 0 Å². The van der Waals surface area contributed by atoms with Crippen LogP contribution in [-0.4, -0.2) is 33.0 Å². The van der Waals surface area contributed by atoms with Gasteiger partial charge in [-0.1, -0.05) is 24.3 Å². The van der Waals surface area contributed by atoms with Gasteiger partial charge in [0, 0.05) is 23.1 Å². The number of aromatic nitrogens is 4. The first kappa shape index (κ1) is 16.6. The standard InChI is InChI=1S/C18H21N7.3H2/c1-12(2)20-17-23-16(14-10-7-11-15(19-3)22-14)24-18(25-17)21-13-8-5-4-6-9-13;;;/h4-12H,1-3H3,(H,19,22)(H2,20,21,23,24,25);3*1H. The van der Waals surface area contributed by atoms with E-state index in [0.29, 0.717) is 23.4 Å². The molecular formula is C18H27N7. The van der Waals surface area contributed by atoms with Crippen molar-refractivity contribution < 1.29 is 4.28 Å². The first-order chi connectivity index (χ1) is 12.1. The maximum absolute atomic E-state index is 4.52. The number of para-hydroxylation sites is 1. The highest BCUT2D eigenvalue weighted by Crippen LogP contribution is 2.20. The molecule has 7 nitrogen and oxygen atoms in total. The third-order valence-electron chi connectivity index (χ3n) is 3.32. The summed E-state index contributed by atoms with van der Waals surface area (Å²) >= 11 is 0. The third kappa shape index (κ3) is 4.41. The van der Waals surface area contributed by atoms with E-state index in [1.807, 2.05) is 69.4 Å². The molecule has 0 unspecified atom stereocenters. The van der Waals surface area contributed by atoms with Crippen LogP contribution in [0, 0.1) is 0 Å². The minimum Gasteiger partial charge on any atom is -0.373 e. The number of pyridine rings is 1. The maximum atomic E-state index is 4.52. The molecule has 3 rings (SSSR count). The zero-order valence-corrected chi connectivity index (χ0v) is 14.5. The Morgan fingerprint density at radius 3 is 2.32 bits per heavy atom. The van der Waals surface area contributed by atoms with Crippen molar-refractivity contribution in [1.29, 1.82) is 0 Å². The lowest BCUT2D eigenvalue weighted by molar-refractivity contribution is 0.869. The highest BCUT2D eigenvalue weighted by molar-refractivity contribution is 5.60. The molecule has 0 radical (unpaired) electrons. The van der Waals surface area contributed by atoms with Crippen molar-refractivity contribution in [3.05, 3.63) is 48.5 Å². The average molecular weight is 341 g/mol. The predicted octanol–water partition coefficient (Wildman–Crippen LogP) is 4.28. The smallest absolute Gasteiger partial charge is 0.232 e. The molecule has 0 atom stereocenters. The molecule has 3 aromatic rings. The van der Waals surface area contributed by atoms with Gasteiger partial charge < -0.3 is 16.0 Å². The molecule has 0 aliphatic rings. The van der Waals surface area contributed by atoms with Gasteiger partial charge in [0.1, 0.15) is 11.5 Å². The molecule has 0 amide bonds. The monoisotopic (exact) mass is 341 g/mol. The van der Waals surface area contributed by atoms with Crippen LogP contribution in [0.25, 0.3) is 11.5 Å². The minimum absolute atomic E-state index is 0. The summed E-state index contributed by atoms with van der Waals surface area (Å²) in [6.07, 6.45) is 0. The molecular weight excluding hydrogens is 314 g/mol. The molecule has 25 heavy (non-hydrogen) atoms. The fourth-order valence-electron chi connectivity index (χ4n) is 2.22. The van der Waals surface area contributed by atoms with Crippen LogP contribution in [0.4, 0.5) is 23.4 Å². The van der Waals surface area contributed by atoms with Crippen molar-refractivity contribution in [3.8, 4) is 11.5 Å². The molecule has 0 saturated heterocycles. The number of hydrogen-bond acceptors (Lipinski definition) is 7. The molecule has 0 aliphatic carbocycles. The molecule has 2 heterocycles. The number of nitrogens with zero attached hydrogens (tertiary/aromatic N) is 4. The molecule has 3 N–H and O–H groups in total. The SMILES string of the molecule is CNc1cccc(-c2nc(Nc3ccccc3)nc(NC(C)C)n2)n1.[HH].[HH].[HH]. The van der Waals surface area contributed by atoms with E-state index in [2.05, 4.69) is 35.9 Å². The molecule has 0 bridgehead atoms. The Balaban J connectivity index is 0.00000243. The number of benzene rings is 1. The highest BCUT2D eigenvalue weighted by atomic mass is 15.2. The minimum atomic E-state index is 0. The number of rotatable bonds is 6. The van der Waals surface area contributed by atoms with E-state index >= 15 is 0 Å². The van der Waals surface area contributed by atoms with Crippen molar-refractivity contribution in [1.82, 2.24) is 19.9 Å². The van der Waals surface area contributed by atoms with E-state index < -0.39 is 0 Å². The van der Waals surface area contributed by atoms with Gasteiger partial charge in [-0.25, -0.2) is 4.98 Å². The lowest BCUT2D eigenvalue weighted by Gasteiger charge is -2.12. The quantitative estimate of drug-likeness (QED) is 0.617. The van der Waals surface area contributed by atoms with Crippen LogP contribution < -0.4 is 16.0 Å². The summed E-state index contributed by atoms with van der Waals surface area (Å²) in [5.41, 5.74) is 1.59. The van der Waals surface area contributed by atoms with Crippen molar-refractivity contribution in [2.45, 2.75) is 19.9 Å². The topological polar surface area (TPSA) is 87.7 Å². The zero-order chi connectivity index (χ0) is 17.6. The molecule has 134 valence electrons. The second-order valence-corrected chi connectivity index (χ2v) is 5.75. The van der Waals surface area contributed by atoms with Crippen molar-refractivity contribution in [2.24, 2.45) is 0 Å². The molecule has 0 fully saturated rings. The second kappa shape index (κ2) is 7.57. The molecule has 0 saturated carbocycles. The maximum Gasteiger partial charge on any atom is 0.232 e. The average Bonchev–Trinajstić information content (AvgIpc) is 2.62. The number of hydrogen-bond donors (Lipinski definition) is 3. The van der Waals surface area contributed by atoms with Gasteiger partial charge in [0.05, 0.1) is 0 Å². The van der Waals surface area contributed by atoms with E-state index in [1.165, 1.54) is 0 Å². The Hall–Kier alpha value is -3.22. The van der Waals surface area contributed by atoms with Crippen LogP contribution in [-0.2, 0) is 0 Å². The summed E-state index contributed by atoms with van der Waals surface area (Å²) in [4.78, 5) is 18.0. The largest absolute Gasteiger partial charge is 0.373 e. The van der Waals surface area contributed by atoms with E-state index in [-0.39, 0.29) is 10.3 Å². The van der Waals surface area contributed by atoms with Crippen LogP contribution in [0.5, 0.6) is 0 Å². The second-order valence-electron chi connectivity index (χ2n) is 5.75. The van der Waals surface area contributed by atoms with Gasteiger partial charge in [0.25, 0.3) is 0 Å². The van der Waals surface area contributed by atoms with Crippen LogP contribution in [0.15, 0.2) is 48.5 Å². The van der Waals surface area contributed by atoms with Crippen molar-refractivity contribution in [2.75, 3.05) is 23.0 Å². The van der Waals surface area contributed by atoms with Crippen molar-refractivity contribution >= 4 is 23.4 Å². The summed E-state index contributed by atoms with van der Waals surface area (Å²) in [6.45, 7) is 4.07. The summed E-state index contributed by atoms with van der Waals surface area (Å²) in [5.74, 6) is 2.24. The summed E-state index contributed by atoms with van der Waals surface area (Å²) in [5, 5.41) is 9.46. The van der Waals surface area contributed by atoms with Crippen LogP contribution >= 0.6 is 0 Å². The van der Waals surface area contributed by atoms with Gasteiger partial charge in [0.15, 0.2) is 5.82 Å². The molecule has 0 spiro atoms. The van der Waals surface area contributed by atoms with Crippen molar-refractivity contribution in [3.63, 3.8) is 0 Å². The van der Waals surface area contributed by atoms with Gasteiger partial charge in [-0.15, -0.1) is 0 Å². The lowest BCUT2D eigenvalue weighted by Crippen LogP contribution is -2.14. The van der Waals surface area contributed by atoms with E-state index in [4.69, 9.17) is 0 Å². The zero-order valence-electron chi connectivity index (χ0n) is 14.5. The molecule has 1 aromatic carbocycles. The summed E-state index contributed by atoms with van der Waals surface area (Å²) in [7, 11) is 1.83. The molecule has 2 aromatic heterocycles. The predicted molar refractivity (Wildman–Crippen MR) is 107 cm³/mol. The Kier molecular flexibility index (Phi) is 5.03. The Morgan fingerprint density at radius 2 is 1.60 bits per heavy atom. The van der Waals surface area contributed by atoms with Gasteiger partial charge in [-0.3, -0.25) is 0 Å². The first-order valence-corrected chi connectivity index (χ1v) is 8.14. The highest BCUT2D eigenvalue weighted by Gasteiger charge is 2.11. The van der Waals surface area contributed by atoms with E-state index in [1.54, 1.807) is 0 Å². The first-order valence-electron chi connectivity index (χ1n) is 8.14. The number of nitrogens with one attached hydrogen (secondary N) is 3. The molecule has 7 heteroatoms. The van der Waals surface area contributed by atoms with Gasteiger partial charge in [0.2, 0.25) is 11.9 Å². The Morgan fingerprint density at radius 1 is 0.840 bits per heavy atom. The van der Waals surface area contributed by atoms with Crippen LogP contribution in [0.3, 0.4) is 0 Å². The van der Waals surface area contributed by atoms with Crippen LogP contribution in [0.1, 0.15) is 18.1 Å². The summed E-state index contributed by atoms with van der Waals surface area (Å²) < 4.78 is 0. The fourth-order valence-corrected chi connectivity index (χ4v) is 2.22. The lowest BCUT2D eigenvalue weighted by atomic mass is 10.3. The number of anilines is 4. The normalized spacial score (nSPS) is 10.6. The van der Waals surface area contributed by atoms with E-state index in [9.17, 15) is 0 Å². The Labute approximate surface area is 151 Å². The van der Waals surface area contributed by atoms with Gasteiger partial charge in [-0.2, -0.15) is 15.0 Å². The summed E-state index contributed by atoms with van der Waals surface area (Å²) in [6, 6.07) is 15.7. The molecule has 0 aliphatic heterocycles. The fraction of sp³-hybridized carbons (Fsp3) is 0.222. The van der Waals surface area contributed by atoms with E-state index in [0.717, 1.165) is 11.5 Å². The Bertz CT molecular complexity index is 848. The van der Waals surface area contributed by atoms with Crippen LogP contribution in [0.2, 0.25) is 0 Å².